The fourth-order valence-corrected chi connectivity index (χ4v) is 4.21. The normalized spacial score (nSPS) is 14.3. The number of benzene rings is 3. The fourth-order valence-electron chi connectivity index (χ4n) is 4.21. The number of hydrogen-bond acceptors (Lipinski definition) is 3. The van der Waals surface area contributed by atoms with Crippen LogP contribution in [0.3, 0.4) is 0 Å². The van der Waals surface area contributed by atoms with Crippen LogP contribution in [0.1, 0.15) is 33.1 Å². The molecule has 5 nitrogen and oxygen atoms in total. The largest absolute Gasteiger partial charge is 0.343 e. The number of amides is 2. The van der Waals surface area contributed by atoms with Gasteiger partial charge in [0, 0.05) is 31.7 Å². The summed E-state index contributed by atoms with van der Waals surface area (Å²) in [6.07, 6.45) is 0. The van der Waals surface area contributed by atoms with Crippen LogP contribution >= 0.6 is 0 Å². The summed E-state index contributed by atoms with van der Waals surface area (Å²) in [5, 5.41) is 2.70. The molecule has 7 heteroatoms. The second-order valence-electron chi connectivity index (χ2n) is 8.47. The van der Waals surface area contributed by atoms with Crippen molar-refractivity contribution in [3.63, 3.8) is 0 Å². The Morgan fingerprint density at radius 2 is 1.29 bits per heavy atom. The summed E-state index contributed by atoms with van der Waals surface area (Å²) in [5.41, 5.74) is 3.38. The molecule has 1 aliphatic rings. The summed E-state index contributed by atoms with van der Waals surface area (Å²) in [6, 6.07) is 19.6. The molecule has 0 radical (unpaired) electrons. The Morgan fingerprint density at radius 1 is 0.794 bits per heavy atom. The Bertz CT molecular complexity index is 1080. The SMILES string of the molecule is Cc1ccc(C(=O)NCC(=O)N2CCN(C(c3ccc(F)cc3)c3ccc(F)cc3)CC2)cc1. The molecule has 3 aromatic carbocycles. The number of aryl methyl sites for hydroxylation is 1. The highest BCUT2D eigenvalue weighted by Crippen LogP contribution is 2.30. The number of nitrogens with one attached hydrogen (secondary N) is 1. The second-order valence-corrected chi connectivity index (χ2v) is 8.47. The molecule has 1 fully saturated rings. The zero-order valence-corrected chi connectivity index (χ0v) is 19.0. The van der Waals surface area contributed by atoms with Crippen LogP contribution < -0.4 is 5.32 Å². The average Bonchev–Trinajstić information content (AvgIpc) is 2.85. The molecule has 176 valence electrons. The van der Waals surface area contributed by atoms with Gasteiger partial charge in [0.2, 0.25) is 5.91 Å². The summed E-state index contributed by atoms with van der Waals surface area (Å²) >= 11 is 0. The molecule has 0 saturated carbocycles. The van der Waals surface area contributed by atoms with Crippen LogP contribution in [0.5, 0.6) is 0 Å². The van der Waals surface area contributed by atoms with Gasteiger partial charge in [-0.2, -0.15) is 0 Å². The van der Waals surface area contributed by atoms with Crippen LogP contribution in [0.15, 0.2) is 72.8 Å². The summed E-state index contributed by atoms with van der Waals surface area (Å²) in [5.74, 6) is -1.05. The van der Waals surface area contributed by atoms with Gasteiger partial charge in [-0.05, 0) is 54.4 Å². The minimum Gasteiger partial charge on any atom is -0.343 e. The van der Waals surface area contributed by atoms with Crippen molar-refractivity contribution in [2.24, 2.45) is 0 Å². The van der Waals surface area contributed by atoms with E-state index in [1.54, 1.807) is 41.3 Å². The summed E-state index contributed by atoms with van der Waals surface area (Å²) in [4.78, 5) is 28.9. The molecule has 0 unspecified atom stereocenters. The minimum absolute atomic E-state index is 0.0634. The van der Waals surface area contributed by atoms with Gasteiger partial charge in [-0.15, -0.1) is 0 Å². The lowest BCUT2D eigenvalue weighted by Gasteiger charge is -2.39. The van der Waals surface area contributed by atoms with Gasteiger partial charge >= 0.3 is 0 Å². The quantitative estimate of drug-likeness (QED) is 0.603. The number of hydrogen-bond donors (Lipinski definition) is 1. The molecule has 1 N–H and O–H groups in total. The Hall–Kier alpha value is -3.58. The van der Waals surface area contributed by atoms with E-state index >= 15 is 0 Å². The Morgan fingerprint density at radius 3 is 1.79 bits per heavy atom. The first kappa shape index (κ1) is 23.6. The van der Waals surface area contributed by atoms with E-state index in [1.165, 1.54) is 24.3 Å². The average molecular weight is 464 g/mol. The molecule has 0 bridgehead atoms. The highest BCUT2D eigenvalue weighted by Gasteiger charge is 2.28. The first-order chi connectivity index (χ1) is 16.4. The third kappa shape index (κ3) is 5.66. The van der Waals surface area contributed by atoms with E-state index in [0.29, 0.717) is 31.7 Å². The summed E-state index contributed by atoms with van der Waals surface area (Å²) in [7, 11) is 0. The molecular formula is C27H27F2N3O2. The van der Waals surface area contributed by atoms with Gasteiger partial charge in [-0.25, -0.2) is 8.78 Å². The highest BCUT2D eigenvalue weighted by atomic mass is 19.1. The number of carbonyl (C=O) groups is 2. The maximum atomic E-state index is 13.5. The minimum atomic E-state index is -0.315. The lowest BCUT2D eigenvalue weighted by atomic mass is 9.96. The van der Waals surface area contributed by atoms with E-state index < -0.39 is 0 Å². The van der Waals surface area contributed by atoms with Crippen molar-refractivity contribution >= 4 is 11.8 Å². The molecule has 0 atom stereocenters. The first-order valence-electron chi connectivity index (χ1n) is 11.3. The summed E-state index contributed by atoms with van der Waals surface area (Å²) in [6.45, 7) is 4.07. The topological polar surface area (TPSA) is 52.7 Å². The molecule has 1 heterocycles. The van der Waals surface area contributed by atoms with Gasteiger partial charge in [0.05, 0.1) is 12.6 Å². The molecule has 4 rings (SSSR count). The smallest absolute Gasteiger partial charge is 0.251 e. The van der Waals surface area contributed by atoms with Crippen molar-refractivity contribution < 1.29 is 18.4 Å². The van der Waals surface area contributed by atoms with Gasteiger partial charge in [-0.1, -0.05) is 42.0 Å². The van der Waals surface area contributed by atoms with Crippen molar-refractivity contribution in [1.82, 2.24) is 15.1 Å². The van der Waals surface area contributed by atoms with E-state index in [4.69, 9.17) is 0 Å². The van der Waals surface area contributed by atoms with Crippen LogP contribution in [0.25, 0.3) is 0 Å². The van der Waals surface area contributed by atoms with E-state index in [1.807, 2.05) is 19.1 Å². The van der Waals surface area contributed by atoms with Crippen molar-refractivity contribution in [2.45, 2.75) is 13.0 Å². The Kier molecular flexibility index (Phi) is 7.33. The number of carbonyl (C=O) groups excluding carboxylic acids is 2. The van der Waals surface area contributed by atoms with E-state index in [-0.39, 0.29) is 36.0 Å². The Balaban J connectivity index is 1.38. The van der Waals surface area contributed by atoms with Gasteiger partial charge < -0.3 is 10.2 Å². The second kappa shape index (κ2) is 10.6. The van der Waals surface area contributed by atoms with E-state index in [2.05, 4.69) is 10.2 Å². The molecule has 1 aliphatic heterocycles. The molecule has 3 aromatic rings. The van der Waals surface area contributed by atoms with E-state index in [0.717, 1.165) is 16.7 Å². The predicted octanol–water partition coefficient (Wildman–Crippen LogP) is 3.94. The van der Waals surface area contributed by atoms with Gasteiger partial charge in [0.1, 0.15) is 11.6 Å². The fraction of sp³-hybridized carbons (Fsp3) is 0.259. The zero-order valence-electron chi connectivity index (χ0n) is 19.0. The highest BCUT2D eigenvalue weighted by molar-refractivity contribution is 5.96. The van der Waals surface area contributed by atoms with Crippen molar-refractivity contribution in [2.75, 3.05) is 32.7 Å². The van der Waals surface area contributed by atoms with Gasteiger partial charge in [-0.3, -0.25) is 14.5 Å². The maximum absolute atomic E-state index is 13.5. The maximum Gasteiger partial charge on any atom is 0.251 e. The van der Waals surface area contributed by atoms with Crippen LogP contribution in [-0.2, 0) is 4.79 Å². The van der Waals surface area contributed by atoms with Crippen LogP contribution in [0.2, 0.25) is 0 Å². The number of piperazine rings is 1. The van der Waals surface area contributed by atoms with Crippen molar-refractivity contribution in [1.29, 1.82) is 0 Å². The summed E-state index contributed by atoms with van der Waals surface area (Å²) < 4.78 is 27.0. The predicted molar refractivity (Wildman–Crippen MR) is 126 cm³/mol. The number of nitrogens with zero attached hydrogens (tertiary/aromatic N) is 2. The van der Waals surface area contributed by atoms with Crippen LogP contribution in [-0.4, -0.2) is 54.3 Å². The lowest BCUT2D eigenvalue weighted by Crippen LogP contribution is -2.52. The number of halogens is 2. The molecule has 0 aliphatic carbocycles. The molecular weight excluding hydrogens is 436 g/mol. The van der Waals surface area contributed by atoms with Crippen molar-refractivity contribution in [3.8, 4) is 0 Å². The zero-order chi connectivity index (χ0) is 24.1. The molecule has 34 heavy (non-hydrogen) atoms. The molecule has 1 saturated heterocycles. The van der Waals surface area contributed by atoms with Crippen LogP contribution in [0.4, 0.5) is 8.78 Å². The monoisotopic (exact) mass is 463 g/mol. The first-order valence-corrected chi connectivity index (χ1v) is 11.3. The third-order valence-electron chi connectivity index (χ3n) is 6.12. The number of rotatable bonds is 6. The molecule has 2 amide bonds. The molecule has 0 spiro atoms. The lowest BCUT2D eigenvalue weighted by molar-refractivity contribution is -0.132. The standard InChI is InChI=1S/C27H27F2N3O2/c1-19-2-4-22(5-3-19)27(34)30-18-25(33)31-14-16-32(17-15-31)26(20-6-10-23(28)11-7-20)21-8-12-24(29)13-9-21/h2-13,26H,14-18H2,1H3,(H,30,34). The van der Waals surface area contributed by atoms with Crippen LogP contribution in [0, 0.1) is 18.6 Å². The van der Waals surface area contributed by atoms with E-state index in [9.17, 15) is 18.4 Å². The van der Waals surface area contributed by atoms with Crippen molar-refractivity contribution in [3.05, 3.63) is 107 Å². The third-order valence-corrected chi connectivity index (χ3v) is 6.12. The molecule has 0 aromatic heterocycles. The Labute approximate surface area is 198 Å². The van der Waals surface area contributed by atoms with Gasteiger partial charge in [0.15, 0.2) is 0 Å². The van der Waals surface area contributed by atoms with Gasteiger partial charge in [0.25, 0.3) is 5.91 Å².